The fraction of sp³-hybridized carbons (Fsp3) is 0.0833. The van der Waals surface area contributed by atoms with Gasteiger partial charge in [0.2, 0.25) is 0 Å². The smallest absolute Gasteiger partial charge is 0.388 e. The molecule has 0 saturated carbocycles. The van der Waals surface area contributed by atoms with E-state index in [9.17, 15) is 13.2 Å². The van der Waals surface area contributed by atoms with Crippen LogP contribution in [0.4, 0.5) is 24.7 Å². The summed E-state index contributed by atoms with van der Waals surface area (Å²) < 4.78 is 38.6. The molecular formula is C12H8BrF3N4S. The third-order valence-corrected chi connectivity index (χ3v) is 3.36. The van der Waals surface area contributed by atoms with Crippen molar-refractivity contribution in [1.29, 1.82) is 0 Å². The van der Waals surface area contributed by atoms with Crippen LogP contribution >= 0.6 is 28.1 Å². The molecule has 0 bridgehead atoms. The number of nitrogens with two attached hydrogens (primary N) is 1. The van der Waals surface area contributed by atoms with Gasteiger partial charge in [-0.1, -0.05) is 12.2 Å². The zero-order valence-electron chi connectivity index (χ0n) is 10.3. The van der Waals surface area contributed by atoms with Crippen molar-refractivity contribution < 1.29 is 13.2 Å². The van der Waals surface area contributed by atoms with Crippen LogP contribution in [-0.2, 0) is 6.18 Å². The Bertz CT molecular complexity index is 690. The van der Waals surface area contributed by atoms with E-state index in [0.29, 0.717) is 4.47 Å². The summed E-state index contributed by atoms with van der Waals surface area (Å²) in [6.07, 6.45) is -1.67. The Balaban J connectivity index is 2.43. The lowest BCUT2D eigenvalue weighted by atomic mass is 10.2. The fourth-order valence-corrected chi connectivity index (χ4v) is 2.03. The van der Waals surface area contributed by atoms with E-state index in [0.717, 1.165) is 12.1 Å². The molecule has 0 saturated heterocycles. The minimum absolute atomic E-state index is 0.00583. The standard InChI is InChI=1S/C12H8BrF3N4S/c13-7-2-1-6(12(14,15)16)5-8(7)20-11-9(10(17)21)18-3-4-19-11/h1-5H,(H2,17,21)(H,19,20). The van der Waals surface area contributed by atoms with Crippen molar-refractivity contribution in [3.63, 3.8) is 0 Å². The van der Waals surface area contributed by atoms with Crippen LogP contribution in [0, 0.1) is 0 Å². The number of nitrogens with zero attached hydrogens (tertiary/aromatic N) is 2. The summed E-state index contributed by atoms with van der Waals surface area (Å²) in [7, 11) is 0. The molecule has 1 aromatic heterocycles. The highest BCUT2D eigenvalue weighted by molar-refractivity contribution is 9.10. The van der Waals surface area contributed by atoms with Gasteiger partial charge in [0.25, 0.3) is 0 Å². The Morgan fingerprint density at radius 2 is 1.90 bits per heavy atom. The second-order valence-corrected chi connectivity index (χ2v) is 5.23. The van der Waals surface area contributed by atoms with Gasteiger partial charge in [0, 0.05) is 16.9 Å². The second-order valence-electron chi connectivity index (χ2n) is 3.94. The van der Waals surface area contributed by atoms with Crippen LogP contribution in [0.5, 0.6) is 0 Å². The Morgan fingerprint density at radius 1 is 1.24 bits per heavy atom. The van der Waals surface area contributed by atoms with Crippen LogP contribution < -0.4 is 11.1 Å². The number of rotatable bonds is 3. The topological polar surface area (TPSA) is 63.8 Å². The molecule has 110 valence electrons. The number of benzene rings is 1. The lowest BCUT2D eigenvalue weighted by Gasteiger charge is -2.13. The largest absolute Gasteiger partial charge is 0.416 e. The molecule has 2 rings (SSSR count). The first kappa shape index (κ1) is 15.6. The molecule has 1 aromatic carbocycles. The highest BCUT2D eigenvalue weighted by atomic mass is 79.9. The van der Waals surface area contributed by atoms with Gasteiger partial charge in [-0.05, 0) is 34.1 Å². The minimum Gasteiger partial charge on any atom is -0.388 e. The third kappa shape index (κ3) is 3.67. The molecule has 0 radical (unpaired) electrons. The Hall–Kier alpha value is -1.74. The Morgan fingerprint density at radius 3 is 2.52 bits per heavy atom. The lowest BCUT2D eigenvalue weighted by molar-refractivity contribution is -0.137. The van der Waals surface area contributed by atoms with Crippen molar-refractivity contribution in [1.82, 2.24) is 9.97 Å². The first-order valence-corrected chi connectivity index (χ1v) is 6.73. The lowest BCUT2D eigenvalue weighted by Crippen LogP contribution is -2.15. The molecule has 0 amide bonds. The maximum atomic E-state index is 12.7. The van der Waals surface area contributed by atoms with Crippen LogP contribution in [0.2, 0.25) is 0 Å². The van der Waals surface area contributed by atoms with Gasteiger partial charge >= 0.3 is 6.18 Å². The minimum atomic E-state index is -4.44. The number of hydrogen-bond acceptors (Lipinski definition) is 4. The van der Waals surface area contributed by atoms with Crippen LogP contribution in [0.1, 0.15) is 11.3 Å². The van der Waals surface area contributed by atoms with Crippen LogP contribution in [0.25, 0.3) is 0 Å². The summed E-state index contributed by atoms with van der Waals surface area (Å²) in [6, 6.07) is 3.23. The van der Waals surface area contributed by atoms with E-state index in [1.165, 1.54) is 18.5 Å². The summed E-state index contributed by atoms with van der Waals surface area (Å²) in [6.45, 7) is 0. The summed E-state index contributed by atoms with van der Waals surface area (Å²) in [5, 5.41) is 2.75. The molecule has 0 unspecified atom stereocenters. The Kier molecular flexibility index (Phi) is 4.43. The van der Waals surface area contributed by atoms with Crippen molar-refractivity contribution in [3.8, 4) is 0 Å². The normalized spacial score (nSPS) is 11.2. The molecule has 0 atom stereocenters. The maximum absolute atomic E-state index is 12.7. The van der Waals surface area contributed by atoms with Crippen molar-refractivity contribution in [2.24, 2.45) is 5.73 Å². The molecule has 2 aromatic rings. The number of anilines is 2. The number of aromatic nitrogens is 2. The van der Waals surface area contributed by atoms with E-state index in [1.807, 2.05) is 0 Å². The van der Waals surface area contributed by atoms with Gasteiger partial charge < -0.3 is 11.1 Å². The third-order valence-electron chi connectivity index (χ3n) is 2.48. The molecule has 0 fully saturated rings. The quantitative estimate of drug-likeness (QED) is 0.800. The summed E-state index contributed by atoms with van der Waals surface area (Å²) in [5.41, 5.74) is 5.11. The summed E-state index contributed by atoms with van der Waals surface area (Å²) in [5.74, 6) is 0.185. The van der Waals surface area contributed by atoms with Crippen molar-refractivity contribution in [3.05, 3.63) is 46.3 Å². The van der Waals surface area contributed by atoms with E-state index in [-0.39, 0.29) is 22.2 Å². The molecule has 3 N–H and O–H groups in total. The summed E-state index contributed by atoms with van der Waals surface area (Å²) >= 11 is 8.00. The van der Waals surface area contributed by atoms with Gasteiger partial charge in [0.15, 0.2) is 5.82 Å². The van der Waals surface area contributed by atoms with E-state index >= 15 is 0 Å². The van der Waals surface area contributed by atoms with E-state index < -0.39 is 11.7 Å². The predicted molar refractivity (Wildman–Crippen MR) is 80.3 cm³/mol. The van der Waals surface area contributed by atoms with Gasteiger partial charge in [-0.15, -0.1) is 0 Å². The van der Waals surface area contributed by atoms with Crippen LogP contribution in [-0.4, -0.2) is 15.0 Å². The predicted octanol–water partition coefficient (Wildman–Crippen LogP) is 3.64. The molecule has 21 heavy (non-hydrogen) atoms. The average molecular weight is 377 g/mol. The van der Waals surface area contributed by atoms with Gasteiger partial charge in [-0.25, -0.2) is 9.97 Å². The fourth-order valence-electron chi connectivity index (χ4n) is 1.53. The van der Waals surface area contributed by atoms with E-state index in [1.54, 1.807) is 0 Å². The zero-order valence-corrected chi connectivity index (χ0v) is 12.7. The first-order valence-electron chi connectivity index (χ1n) is 5.53. The molecule has 0 spiro atoms. The SMILES string of the molecule is NC(=S)c1nccnc1Nc1cc(C(F)(F)F)ccc1Br. The van der Waals surface area contributed by atoms with E-state index in [4.69, 9.17) is 18.0 Å². The van der Waals surface area contributed by atoms with Crippen molar-refractivity contribution >= 4 is 44.6 Å². The first-order chi connectivity index (χ1) is 9.79. The second kappa shape index (κ2) is 5.94. The molecule has 0 aliphatic heterocycles. The van der Waals surface area contributed by atoms with Gasteiger partial charge in [0.1, 0.15) is 10.7 Å². The van der Waals surface area contributed by atoms with Crippen LogP contribution in [0.3, 0.4) is 0 Å². The monoisotopic (exact) mass is 376 g/mol. The highest BCUT2D eigenvalue weighted by Crippen LogP contribution is 2.35. The van der Waals surface area contributed by atoms with Crippen molar-refractivity contribution in [2.45, 2.75) is 6.18 Å². The maximum Gasteiger partial charge on any atom is 0.416 e. The average Bonchev–Trinajstić information content (AvgIpc) is 2.40. The molecule has 0 aliphatic carbocycles. The molecule has 4 nitrogen and oxygen atoms in total. The highest BCUT2D eigenvalue weighted by Gasteiger charge is 2.31. The van der Waals surface area contributed by atoms with Gasteiger partial charge in [-0.2, -0.15) is 13.2 Å². The van der Waals surface area contributed by atoms with E-state index in [2.05, 4.69) is 31.2 Å². The molecular weight excluding hydrogens is 369 g/mol. The number of hydrogen-bond donors (Lipinski definition) is 2. The number of alkyl halides is 3. The Labute approximate surface area is 131 Å². The van der Waals surface area contributed by atoms with Crippen molar-refractivity contribution in [2.75, 3.05) is 5.32 Å². The summed E-state index contributed by atoms with van der Waals surface area (Å²) in [4.78, 5) is 7.93. The molecule has 0 aliphatic rings. The zero-order chi connectivity index (χ0) is 15.6. The molecule has 9 heteroatoms. The van der Waals surface area contributed by atoms with Gasteiger partial charge in [-0.3, -0.25) is 0 Å². The number of halogens is 4. The van der Waals surface area contributed by atoms with Gasteiger partial charge in [0.05, 0.1) is 11.3 Å². The number of nitrogens with one attached hydrogen (secondary N) is 1. The molecule has 1 heterocycles. The van der Waals surface area contributed by atoms with Crippen LogP contribution in [0.15, 0.2) is 35.1 Å². The number of thiocarbonyl (C=S) groups is 1.